The van der Waals surface area contributed by atoms with Crippen LogP contribution < -0.4 is 4.90 Å². The molecule has 1 amide bonds. The van der Waals surface area contributed by atoms with Crippen LogP contribution in [0.15, 0.2) is 52.1 Å². The lowest BCUT2D eigenvalue weighted by atomic mass is 9.93. The smallest absolute Gasteiger partial charge is 0.350 e. The molecule has 0 saturated heterocycles. The molecule has 1 N–H and O–H groups in total. The zero-order valence-electron chi connectivity index (χ0n) is 20.1. The van der Waals surface area contributed by atoms with Gasteiger partial charge in [-0.3, -0.25) is 14.5 Å². The first kappa shape index (κ1) is 24.4. The first-order valence-corrected chi connectivity index (χ1v) is 12.1. The van der Waals surface area contributed by atoms with Crippen LogP contribution in [-0.4, -0.2) is 34.4 Å². The van der Waals surface area contributed by atoms with Gasteiger partial charge in [-0.2, -0.15) is 0 Å². The van der Waals surface area contributed by atoms with Crippen LogP contribution in [0.1, 0.15) is 75.5 Å². The quantitative estimate of drug-likeness (QED) is 0.344. The number of aliphatic hydroxyl groups excluding tert-OH is 1. The fourth-order valence-corrected chi connectivity index (χ4v) is 4.96. The van der Waals surface area contributed by atoms with Crippen molar-refractivity contribution in [2.75, 3.05) is 11.5 Å². The molecule has 0 saturated carbocycles. The Hall–Kier alpha value is -3.72. The number of aryl methyl sites for hydroxylation is 2. The number of nitrogens with zero attached hydrogens (tertiary/aromatic N) is 2. The number of carbonyl (C=O) groups is 3. The van der Waals surface area contributed by atoms with E-state index in [0.29, 0.717) is 17.0 Å². The van der Waals surface area contributed by atoms with E-state index in [1.165, 1.54) is 11.0 Å². The second kappa shape index (κ2) is 9.50. The molecule has 0 aliphatic carbocycles. The number of anilines is 1. The van der Waals surface area contributed by atoms with Gasteiger partial charge in [0.1, 0.15) is 10.6 Å². The molecule has 1 aliphatic heterocycles. The Morgan fingerprint density at radius 3 is 2.43 bits per heavy atom. The third-order valence-corrected chi connectivity index (χ3v) is 6.92. The Morgan fingerprint density at radius 2 is 1.86 bits per heavy atom. The molecule has 2 aromatic heterocycles. The number of amides is 1. The van der Waals surface area contributed by atoms with Gasteiger partial charge in [0.2, 0.25) is 5.78 Å². The highest BCUT2D eigenvalue weighted by Gasteiger charge is 2.46. The van der Waals surface area contributed by atoms with E-state index in [0.717, 1.165) is 16.9 Å². The predicted molar refractivity (Wildman–Crippen MR) is 131 cm³/mol. The number of hydrogen-bond acceptors (Lipinski definition) is 8. The summed E-state index contributed by atoms with van der Waals surface area (Å²) in [5.74, 6) is -1.75. The van der Waals surface area contributed by atoms with Crippen molar-refractivity contribution in [2.45, 2.75) is 46.6 Å². The third kappa shape index (κ3) is 4.39. The van der Waals surface area contributed by atoms with E-state index in [1.807, 2.05) is 24.3 Å². The van der Waals surface area contributed by atoms with Crippen LogP contribution >= 0.6 is 11.3 Å². The van der Waals surface area contributed by atoms with Gasteiger partial charge in [0, 0.05) is 0 Å². The van der Waals surface area contributed by atoms with Crippen LogP contribution in [0.25, 0.3) is 0 Å². The van der Waals surface area contributed by atoms with E-state index in [2.05, 4.69) is 18.8 Å². The minimum atomic E-state index is -0.956. The highest BCUT2D eigenvalue weighted by molar-refractivity contribution is 7.17. The Morgan fingerprint density at radius 1 is 1.17 bits per heavy atom. The molecule has 0 radical (unpaired) electrons. The number of furan rings is 1. The van der Waals surface area contributed by atoms with Crippen molar-refractivity contribution in [1.82, 2.24) is 4.98 Å². The number of aliphatic hydroxyl groups is 1. The van der Waals surface area contributed by atoms with Crippen molar-refractivity contribution in [3.63, 3.8) is 0 Å². The van der Waals surface area contributed by atoms with E-state index in [9.17, 15) is 19.5 Å². The summed E-state index contributed by atoms with van der Waals surface area (Å²) in [5, 5.41) is 11.1. The number of ketones is 1. The van der Waals surface area contributed by atoms with E-state index in [1.54, 1.807) is 26.8 Å². The van der Waals surface area contributed by atoms with Gasteiger partial charge < -0.3 is 14.3 Å². The maximum atomic E-state index is 13.4. The molecule has 0 bridgehead atoms. The van der Waals surface area contributed by atoms with Gasteiger partial charge in [-0.05, 0) is 49.9 Å². The molecule has 9 heteroatoms. The minimum absolute atomic E-state index is 0.0185. The van der Waals surface area contributed by atoms with Gasteiger partial charge in [0.15, 0.2) is 16.7 Å². The standard InChI is InChI=1S/C26H26N2O6S/c1-6-33-25(32)23-15(5)27-26(35-23)28-20(17-10-8-16(9-11-17)13(2)3)19(22(30)24(28)31)21(29)18-12-7-14(4)34-18/h7-13,20,30H,6H2,1-5H3. The number of Topliss-reactive ketones (excluding diaryl/α,β-unsaturated/α-hetero) is 1. The van der Waals surface area contributed by atoms with Crippen LogP contribution in [-0.2, 0) is 9.53 Å². The number of benzene rings is 1. The molecular formula is C26H26N2O6S. The van der Waals surface area contributed by atoms with Crippen molar-refractivity contribution in [3.8, 4) is 0 Å². The first-order chi connectivity index (χ1) is 16.6. The number of rotatable bonds is 7. The van der Waals surface area contributed by atoms with E-state index in [4.69, 9.17) is 9.15 Å². The van der Waals surface area contributed by atoms with Gasteiger partial charge in [-0.1, -0.05) is 49.4 Å². The average molecular weight is 495 g/mol. The molecule has 1 unspecified atom stereocenters. The van der Waals surface area contributed by atoms with Crippen molar-refractivity contribution in [3.05, 3.63) is 80.9 Å². The van der Waals surface area contributed by atoms with Crippen LogP contribution in [0.4, 0.5) is 5.13 Å². The molecule has 1 aromatic carbocycles. The molecular weight excluding hydrogens is 468 g/mol. The van der Waals surface area contributed by atoms with Crippen molar-refractivity contribution in [1.29, 1.82) is 0 Å². The molecule has 182 valence electrons. The van der Waals surface area contributed by atoms with Gasteiger partial charge in [-0.25, -0.2) is 9.78 Å². The normalized spacial score (nSPS) is 15.9. The number of carbonyl (C=O) groups excluding carboxylic acids is 3. The second-order valence-electron chi connectivity index (χ2n) is 8.53. The van der Waals surface area contributed by atoms with Crippen molar-refractivity contribution < 1.29 is 28.6 Å². The van der Waals surface area contributed by atoms with Gasteiger partial charge in [0.05, 0.1) is 23.9 Å². The van der Waals surface area contributed by atoms with Gasteiger partial charge in [-0.15, -0.1) is 0 Å². The predicted octanol–water partition coefficient (Wildman–Crippen LogP) is 5.44. The fourth-order valence-electron chi connectivity index (χ4n) is 3.97. The number of thiazole rings is 1. The van der Waals surface area contributed by atoms with E-state index < -0.39 is 29.5 Å². The summed E-state index contributed by atoms with van der Waals surface area (Å²) < 4.78 is 10.6. The third-order valence-electron chi connectivity index (χ3n) is 5.79. The summed E-state index contributed by atoms with van der Waals surface area (Å²) in [6, 6.07) is 9.70. The lowest BCUT2D eigenvalue weighted by molar-refractivity contribution is -0.117. The largest absolute Gasteiger partial charge is 0.503 e. The Kier molecular flexibility index (Phi) is 6.62. The molecule has 1 aliphatic rings. The average Bonchev–Trinajstić information content (AvgIpc) is 3.50. The van der Waals surface area contributed by atoms with Crippen LogP contribution in [0, 0.1) is 13.8 Å². The zero-order chi connectivity index (χ0) is 25.4. The summed E-state index contributed by atoms with van der Waals surface area (Å²) in [5.41, 5.74) is 1.99. The second-order valence-corrected chi connectivity index (χ2v) is 9.51. The number of esters is 1. The molecule has 3 heterocycles. The molecule has 8 nitrogen and oxygen atoms in total. The Balaban J connectivity index is 1.85. The molecule has 3 aromatic rings. The van der Waals surface area contributed by atoms with E-state index in [-0.39, 0.29) is 33.9 Å². The highest BCUT2D eigenvalue weighted by atomic mass is 32.1. The number of ether oxygens (including phenoxy) is 1. The Bertz CT molecular complexity index is 1330. The van der Waals surface area contributed by atoms with Gasteiger partial charge in [0.25, 0.3) is 5.91 Å². The van der Waals surface area contributed by atoms with Crippen LogP contribution in [0.3, 0.4) is 0 Å². The van der Waals surface area contributed by atoms with Crippen molar-refractivity contribution in [2.24, 2.45) is 0 Å². The molecule has 4 rings (SSSR count). The molecule has 1 atom stereocenters. The minimum Gasteiger partial charge on any atom is -0.503 e. The lowest BCUT2D eigenvalue weighted by Crippen LogP contribution is -2.31. The maximum Gasteiger partial charge on any atom is 0.350 e. The van der Waals surface area contributed by atoms with E-state index >= 15 is 0 Å². The lowest BCUT2D eigenvalue weighted by Gasteiger charge is -2.24. The molecule has 0 fully saturated rings. The summed E-state index contributed by atoms with van der Waals surface area (Å²) in [6.07, 6.45) is 0. The summed E-state index contributed by atoms with van der Waals surface area (Å²) in [7, 11) is 0. The highest BCUT2D eigenvalue weighted by Crippen LogP contribution is 2.44. The number of aromatic nitrogens is 1. The SMILES string of the molecule is CCOC(=O)c1sc(N2C(=O)C(O)=C(C(=O)c3ccc(C)o3)C2c2ccc(C(C)C)cc2)nc1C. The summed E-state index contributed by atoms with van der Waals surface area (Å²) in [6.45, 7) is 9.37. The monoisotopic (exact) mass is 494 g/mol. The molecule has 35 heavy (non-hydrogen) atoms. The molecule has 0 spiro atoms. The summed E-state index contributed by atoms with van der Waals surface area (Å²) >= 11 is 0.978. The Labute approximate surface area is 206 Å². The van der Waals surface area contributed by atoms with Crippen molar-refractivity contribution >= 4 is 34.1 Å². The maximum absolute atomic E-state index is 13.4. The number of hydrogen-bond donors (Lipinski definition) is 1. The fraction of sp³-hybridized carbons (Fsp3) is 0.308. The first-order valence-electron chi connectivity index (χ1n) is 11.3. The zero-order valence-corrected chi connectivity index (χ0v) is 20.9. The summed E-state index contributed by atoms with van der Waals surface area (Å²) in [4.78, 5) is 45.1. The van der Waals surface area contributed by atoms with Crippen LogP contribution in [0.2, 0.25) is 0 Å². The van der Waals surface area contributed by atoms with Gasteiger partial charge >= 0.3 is 5.97 Å². The van der Waals surface area contributed by atoms with Crippen LogP contribution in [0.5, 0.6) is 0 Å². The topological polar surface area (TPSA) is 110 Å².